The molecule has 0 saturated heterocycles. The van der Waals surface area contributed by atoms with Gasteiger partial charge in [0.15, 0.2) is 16.5 Å². The van der Waals surface area contributed by atoms with Gasteiger partial charge in [-0.3, -0.25) is 9.11 Å². The zero-order chi connectivity index (χ0) is 25.7. The van der Waals surface area contributed by atoms with E-state index in [1.807, 2.05) is 0 Å². The van der Waals surface area contributed by atoms with Crippen LogP contribution in [0.4, 0.5) is 17.6 Å². The van der Waals surface area contributed by atoms with Crippen LogP contribution in [0.5, 0.6) is 11.5 Å². The number of hydrogen-bond donors (Lipinski definition) is 2. The summed E-state index contributed by atoms with van der Waals surface area (Å²) in [4.78, 5) is -2.49. The highest BCUT2D eigenvalue weighted by Crippen LogP contribution is 2.36. The average molecular weight is 528 g/mol. The summed E-state index contributed by atoms with van der Waals surface area (Å²) in [5.74, 6) is -10.9. The van der Waals surface area contributed by atoms with E-state index in [0.717, 1.165) is 0 Å². The van der Waals surface area contributed by atoms with Crippen molar-refractivity contribution in [2.75, 3.05) is 0 Å². The van der Waals surface area contributed by atoms with Crippen molar-refractivity contribution in [1.29, 1.82) is 0 Å². The van der Waals surface area contributed by atoms with Gasteiger partial charge in [-0.25, -0.2) is 8.78 Å². The number of ether oxygens (including phenoxy) is 1. The van der Waals surface area contributed by atoms with Crippen LogP contribution in [0.1, 0.15) is 0 Å². The quantitative estimate of drug-likeness (QED) is 0.204. The van der Waals surface area contributed by atoms with Gasteiger partial charge in [-0.1, -0.05) is 36.4 Å². The monoisotopic (exact) mass is 528 g/mol. The van der Waals surface area contributed by atoms with Gasteiger partial charge in [0.2, 0.25) is 17.4 Å². The van der Waals surface area contributed by atoms with Gasteiger partial charge in [0.25, 0.3) is 10.1 Å². The SMILES string of the molecule is O=S(=O)(O)c1c(F)c(F)c(Oc2cccc(-c3ccc4c(S(=O)(=O)O)cccc4c3)c2)c(F)c1F. The third kappa shape index (κ3) is 4.58. The van der Waals surface area contributed by atoms with E-state index in [9.17, 15) is 39.0 Å². The van der Waals surface area contributed by atoms with Crippen LogP contribution in [0.2, 0.25) is 0 Å². The van der Waals surface area contributed by atoms with Crippen molar-refractivity contribution in [2.24, 2.45) is 0 Å². The summed E-state index contributed by atoms with van der Waals surface area (Å²) in [6.07, 6.45) is 0. The summed E-state index contributed by atoms with van der Waals surface area (Å²) >= 11 is 0. The minimum atomic E-state index is -5.61. The van der Waals surface area contributed by atoms with Gasteiger partial charge in [0.05, 0.1) is 0 Å². The maximum atomic E-state index is 14.3. The van der Waals surface area contributed by atoms with Crippen molar-refractivity contribution in [1.82, 2.24) is 0 Å². The lowest BCUT2D eigenvalue weighted by Gasteiger charge is -2.13. The van der Waals surface area contributed by atoms with E-state index in [4.69, 9.17) is 9.29 Å². The molecule has 35 heavy (non-hydrogen) atoms. The van der Waals surface area contributed by atoms with Gasteiger partial charge in [-0.15, -0.1) is 0 Å². The molecule has 4 rings (SSSR count). The molecule has 0 aliphatic rings. The number of halogens is 4. The molecule has 0 heterocycles. The molecule has 4 aromatic carbocycles. The number of benzene rings is 4. The number of fused-ring (bicyclic) bond motifs is 1. The first-order valence-corrected chi connectivity index (χ1v) is 12.3. The Hall–Kier alpha value is -3.52. The molecular formula is C22H12F4O7S2. The minimum absolute atomic E-state index is 0.236. The first-order valence-electron chi connectivity index (χ1n) is 9.41. The molecule has 0 atom stereocenters. The maximum absolute atomic E-state index is 14.3. The van der Waals surface area contributed by atoms with Gasteiger partial charge >= 0.3 is 10.1 Å². The van der Waals surface area contributed by atoms with Crippen molar-refractivity contribution in [2.45, 2.75) is 9.79 Å². The van der Waals surface area contributed by atoms with Crippen LogP contribution in [0.3, 0.4) is 0 Å². The summed E-state index contributed by atoms with van der Waals surface area (Å²) in [5, 5.41) is 0.672. The van der Waals surface area contributed by atoms with Gasteiger partial charge in [0, 0.05) is 5.39 Å². The van der Waals surface area contributed by atoms with Gasteiger partial charge in [0.1, 0.15) is 10.6 Å². The Balaban J connectivity index is 1.77. The predicted octanol–water partition coefficient (Wildman–Crippen LogP) is 5.35. The van der Waals surface area contributed by atoms with Crippen LogP contribution < -0.4 is 4.74 Å². The third-order valence-electron chi connectivity index (χ3n) is 4.95. The summed E-state index contributed by atoms with van der Waals surface area (Å²) in [5.41, 5.74) is 0.869. The summed E-state index contributed by atoms with van der Waals surface area (Å²) in [7, 11) is -10.1. The Bertz CT molecular complexity index is 1690. The topological polar surface area (TPSA) is 118 Å². The second-order valence-electron chi connectivity index (χ2n) is 7.19. The van der Waals surface area contributed by atoms with Gasteiger partial charge < -0.3 is 4.74 Å². The van der Waals surface area contributed by atoms with Crippen molar-refractivity contribution >= 4 is 31.0 Å². The van der Waals surface area contributed by atoms with Crippen LogP contribution in [0, 0.1) is 23.3 Å². The Labute approximate surface area is 195 Å². The van der Waals surface area contributed by atoms with Crippen molar-refractivity contribution in [3.63, 3.8) is 0 Å². The van der Waals surface area contributed by atoms with Crippen LogP contribution in [0.25, 0.3) is 21.9 Å². The molecule has 13 heteroatoms. The highest BCUT2D eigenvalue weighted by atomic mass is 32.2. The summed E-state index contributed by atoms with van der Waals surface area (Å²) in [6, 6.07) is 14.1. The predicted molar refractivity (Wildman–Crippen MR) is 115 cm³/mol. The first kappa shape index (κ1) is 24.6. The summed E-state index contributed by atoms with van der Waals surface area (Å²) < 4.78 is 125. The van der Waals surface area contributed by atoms with Crippen LogP contribution in [-0.4, -0.2) is 25.9 Å². The van der Waals surface area contributed by atoms with Crippen molar-refractivity contribution in [3.8, 4) is 22.6 Å². The van der Waals surface area contributed by atoms with Crippen LogP contribution in [-0.2, 0) is 20.2 Å². The molecular weight excluding hydrogens is 516 g/mol. The Morgan fingerprint density at radius 1 is 0.657 bits per heavy atom. The lowest BCUT2D eigenvalue weighted by atomic mass is 10.0. The number of hydrogen-bond acceptors (Lipinski definition) is 5. The van der Waals surface area contributed by atoms with Crippen molar-refractivity contribution < 1.29 is 48.2 Å². The number of rotatable bonds is 5. The highest BCUT2D eigenvalue weighted by molar-refractivity contribution is 7.86. The van der Waals surface area contributed by atoms with Crippen molar-refractivity contribution in [3.05, 3.63) is 83.9 Å². The lowest BCUT2D eigenvalue weighted by molar-refractivity contribution is 0.347. The fourth-order valence-corrected chi connectivity index (χ4v) is 4.77. The summed E-state index contributed by atoms with van der Waals surface area (Å²) in [6.45, 7) is 0. The Morgan fingerprint density at radius 3 is 1.86 bits per heavy atom. The zero-order valence-electron chi connectivity index (χ0n) is 17.0. The normalized spacial score (nSPS) is 12.2. The molecule has 0 aliphatic carbocycles. The third-order valence-corrected chi connectivity index (χ3v) is 6.73. The molecule has 7 nitrogen and oxygen atoms in total. The molecule has 0 aromatic heterocycles. The van der Waals surface area contributed by atoms with E-state index >= 15 is 0 Å². The molecule has 0 saturated carbocycles. The van der Waals surface area contributed by atoms with E-state index < -0.39 is 54.2 Å². The molecule has 0 amide bonds. The van der Waals surface area contributed by atoms with E-state index in [0.29, 0.717) is 16.5 Å². The molecule has 0 spiro atoms. The fraction of sp³-hybridized carbons (Fsp3) is 0. The average Bonchev–Trinajstić information content (AvgIpc) is 2.78. The Morgan fingerprint density at radius 2 is 1.26 bits per heavy atom. The smallest absolute Gasteiger partial charge is 0.300 e. The lowest BCUT2D eigenvalue weighted by Crippen LogP contribution is -2.11. The van der Waals surface area contributed by atoms with Gasteiger partial charge in [-0.05, 0) is 40.8 Å². The first-order chi connectivity index (χ1) is 16.3. The largest absolute Gasteiger partial charge is 0.451 e. The second kappa shape index (κ2) is 8.61. The highest BCUT2D eigenvalue weighted by Gasteiger charge is 2.33. The van der Waals surface area contributed by atoms with Crippen LogP contribution in [0.15, 0.2) is 70.5 Å². The molecule has 2 N–H and O–H groups in total. The molecule has 182 valence electrons. The maximum Gasteiger partial charge on any atom is 0.300 e. The standard InChI is InChI=1S/C22H12F4O7S2/c23-17-19(25)22(35(30,31)32)20(26)18(24)21(17)33-14-5-1-3-11(10-14)12-7-8-15-13(9-12)4-2-6-16(15)34(27,28)29/h1-10H,(H,27,28,29)(H,30,31,32). The van der Waals surface area contributed by atoms with Crippen LogP contribution >= 0.6 is 0 Å². The van der Waals surface area contributed by atoms with E-state index in [1.54, 1.807) is 18.2 Å². The molecule has 0 unspecified atom stereocenters. The molecule has 0 fully saturated rings. The second-order valence-corrected chi connectivity index (χ2v) is 9.93. The van der Waals surface area contributed by atoms with Gasteiger partial charge in [-0.2, -0.15) is 25.6 Å². The molecule has 0 bridgehead atoms. The zero-order valence-corrected chi connectivity index (χ0v) is 18.7. The minimum Gasteiger partial charge on any atom is -0.451 e. The van der Waals surface area contributed by atoms with E-state index in [2.05, 4.69) is 0 Å². The van der Waals surface area contributed by atoms with E-state index in [-0.39, 0.29) is 16.0 Å². The Kier molecular flexibility index (Phi) is 6.05. The molecule has 4 aromatic rings. The fourth-order valence-electron chi connectivity index (χ4n) is 3.42. The van der Waals surface area contributed by atoms with E-state index in [1.165, 1.54) is 42.5 Å². The molecule has 0 aliphatic heterocycles. The molecule has 0 radical (unpaired) electrons.